The molecule has 3 aromatic rings. The number of fused-ring (bicyclic) bond motifs is 3. The fourth-order valence-corrected chi connectivity index (χ4v) is 5.77. The summed E-state index contributed by atoms with van der Waals surface area (Å²) >= 11 is 0. The van der Waals surface area contributed by atoms with E-state index in [0.29, 0.717) is 18.2 Å². The van der Waals surface area contributed by atoms with Crippen molar-refractivity contribution in [3.63, 3.8) is 0 Å². The maximum Gasteiger partial charge on any atom is 0.125 e. The van der Waals surface area contributed by atoms with Crippen molar-refractivity contribution in [2.45, 2.75) is 38.0 Å². The highest BCUT2D eigenvalue weighted by atomic mass is 16.5. The van der Waals surface area contributed by atoms with Gasteiger partial charge in [-0.05, 0) is 44.2 Å². The van der Waals surface area contributed by atoms with E-state index in [1.807, 2.05) is 12.1 Å². The Hall–Kier alpha value is -3.34. The molecule has 0 spiro atoms. The number of rotatable bonds is 2. The van der Waals surface area contributed by atoms with Crippen molar-refractivity contribution in [1.82, 2.24) is 9.88 Å². The maximum absolute atomic E-state index is 9.51. The molecule has 0 unspecified atom stereocenters. The first-order chi connectivity index (χ1) is 16.4. The summed E-state index contributed by atoms with van der Waals surface area (Å²) in [5.41, 5.74) is 11.1. The van der Waals surface area contributed by atoms with E-state index in [1.54, 1.807) is 6.20 Å². The van der Waals surface area contributed by atoms with E-state index in [9.17, 15) is 5.26 Å². The first kappa shape index (κ1) is 21.2. The molecule has 2 saturated heterocycles. The molecular weight excluding hydrogens is 424 g/mol. The van der Waals surface area contributed by atoms with Gasteiger partial charge in [-0.25, -0.2) is 0 Å². The van der Waals surface area contributed by atoms with Gasteiger partial charge >= 0.3 is 0 Å². The molecule has 174 valence electrons. The molecule has 3 aliphatic rings. The molecule has 0 saturated carbocycles. The topological polar surface area (TPSA) is 81.7 Å². The standard InChI is InChI=1S/C27H30N6O/c1-18-12-31(24-8-6-19(11-28)26-23(24)4-3-9-30-26)14-22-15-34-25-10-21(32-16-27(2,29)17-32)7-5-20(25)13-33(18)22/h3-10,18,22H,12-17,29H2,1-2H3/t18-,22-/m1/s1. The molecule has 0 radical (unpaired) electrons. The van der Waals surface area contributed by atoms with Crippen LogP contribution in [0.3, 0.4) is 0 Å². The summed E-state index contributed by atoms with van der Waals surface area (Å²) in [6.45, 7) is 9.48. The summed E-state index contributed by atoms with van der Waals surface area (Å²) in [7, 11) is 0. The fraction of sp³-hybridized carbons (Fsp3) is 0.407. The largest absolute Gasteiger partial charge is 0.491 e. The minimum Gasteiger partial charge on any atom is -0.491 e. The molecule has 2 fully saturated rings. The lowest BCUT2D eigenvalue weighted by molar-refractivity contribution is 0.0892. The summed E-state index contributed by atoms with van der Waals surface area (Å²) in [5, 5.41) is 10.5. The minimum absolute atomic E-state index is 0.0989. The molecule has 7 nitrogen and oxygen atoms in total. The van der Waals surface area contributed by atoms with Gasteiger partial charge in [0.15, 0.2) is 0 Å². The van der Waals surface area contributed by atoms with Gasteiger partial charge in [-0.2, -0.15) is 5.26 Å². The van der Waals surface area contributed by atoms with Gasteiger partial charge < -0.3 is 20.3 Å². The third kappa shape index (κ3) is 3.54. The number of hydrogen-bond acceptors (Lipinski definition) is 7. The third-order valence-corrected chi connectivity index (χ3v) is 7.46. The number of nitrogens with zero attached hydrogens (tertiary/aromatic N) is 5. The Kier molecular flexibility index (Phi) is 4.91. The Bertz CT molecular complexity index is 1290. The van der Waals surface area contributed by atoms with Crippen LogP contribution in [0.2, 0.25) is 0 Å². The minimum atomic E-state index is -0.0989. The van der Waals surface area contributed by atoms with Crippen LogP contribution in [0.25, 0.3) is 10.9 Å². The lowest BCUT2D eigenvalue weighted by Gasteiger charge is -2.47. The zero-order chi connectivity index (χ0) is 23.4. The van der Waals surface area contributed by atoms with Crippen molar-refractivity contribution < 1.29 is 4.74 Å². The van der Waals surface area contributed by atoms with Crippen molar-refractivity contribution in [2.75, 3.05) is 42.6 Å². The third-order valence-electron chi connectivity index (χ3n) is 7.46. The molecule has 4 heterocycles. The van der Waals surface area contributed by atoms with Gasteiger partial charge in [0.1, 0.15) is 18.4 Å². The van der Waals surface area contributed by atoms with Gasteiger partial charge in [0, 0.05) is 78.9 Å². The predicted octanol–water partition coefficient (Wildman–Crippen LogP) is 3.12. The monoisotopic (exact) mass is 454 g/mol. The molecule has 0 bridgehead atoms. The van der Waals surface area contributed by atoms with E-state index in [2.05, 4.69) is 69.9 Å². The Morgan fingerprint density at radius 1 is 1.15 bits per heavy atom. The van der Waals surface area contributed by atoms with Crippen LogP contribution in [0.5, 0.6) is 5.75 Å². The van der Waals surface area contributed by atoms with Crippen LogP contribution >= 0.6 is 0 Å². The number of anilines is 2. The van der Waals surface area contributed by atoms with Gasteiger partial charge in [-0.1, -0.05) is 6.07 Å². The average Bonchev–Trinajstić information content (AvgIpc) is 3.01. The van der Waals surface area contributed by atoms with Crippen LogP contribution in [-0.2, 0) is 6.54 Å². The zero-order valence-corrected chi connectivity index (χ0v) is 19.7. The van der Waals surface area contributed by atoms with Crippen LogP contribution < -0.4 is 20.3 Å². The first-order valence-electron chi connectivity index (χ1n) is 12.0. The highest BCUT2D eigenvalue weighted by Crippen LogP contribution is 2.36. The summed E-state index contributed by atoms with van der Waals surface area (Å²) < 4.78 is 6.40. The fourth-order valence-electron chi connectivity index (χ4n) is 5.77. The van der Waals surface area contributed by atoms with Gasteiger partial charge in [0.25, 0.3) is 0 Å². The number of piperazine rings is 1. The molecule has 2 atom stereocenters. The highest BCUT2D eigenvalue weighted by Gasteiger charge is 2.37. The molecule has 2 N–H and O–H groups in total. The lowest BCUT2D eigenvalue weighted by atomic mass is 9.93. The van der Waals surface area contributed by atoms with E-state index < -0.39 is 0 Å². The van der Waals surface area contributed by atoms with Gasteiger partial charge in [-0.3, -0.25) is 9.88 Å². The summed E-state index contributed by atoms with van der Waals surface area (Å²) in [6, 6.07) is 17.5. The van der Waals surface area contributed by atoms with E-state index in [1.165, 1.54) is 11.3 Å². The molecule has 1 aromatic heterocycles. The van der Waals surface area contributed by atoms with Crippen molar-refractivity contribution in [2.24, 2.45) is 5.73 Å². The number of benzene rings is 2. The average molecular weight is 455 g/mol. The van der Waals surface area contributed by atoms with Crippen molar-refractivity contribution in [3.05, 3.63) is 59.8 Å². The van der Waals surface area contributed by atoms with Crippen molar-refractivity contribution >= 4 is 22.3 Å². The summed E-state index contributed by atoms with van der Waals surface area (Å²) in [5.74, 6) is 0.990. The molecule has 0 aliphatic carbocycles. The molecule has 0 amide bonds. The second-order valence-electron chi connectivity index (χ2n) is 10.3. The Labute approximate surface area is 200 Å². The van der Waals surface area contributed by atoms with Crippen LogP contribution in [-0.4, -0.2) is 60.3 Å². The van der Waals surface area contributed by atoms with E-state index in [4.69, 9.17) is 10.5 Å². The molecule has 6 rings (SSSR count). The van der Waals surface area contributed by atoms with Gasteiger partial charge in [0.2, 0.25) is 0 Å². The molecule has 3 aliphatic heterocycles. The van der Waals surface area contributed by atoms with E-state index >= 15 is 0 Å². The highest BCUT2D eigenvalue weighted by molar-refractivity contribution is 5.95. The van der Waals surface area contributed by atoms with Gasteiger partial charge in [0.05, 0.1) is 17.1 Å². The van der Waals surface area contributed by atoms with E-state index in [-0.39, 0.29) is 11.6 Å². The number of hydrogen-bond donors (Lipinski definition) is 1. The van der Waals surface area contributed by atoms with Crippen molar-refractivity contribution in [3.8, 4) is 11.8 Å². The predicted molar refractivity (Wildman–Crippen MR) is 134 cm³/mol. The van der Waals surface area contributed by atoms with E-state index in [0.717, 1.165) is 55.1 Å². The summed E-state index contributed by atoms with van der Waals surface area (Å²) in [6.07, 6.45) is 1.76. The molecule has 2 aromatic carbocycles. The second kappa shape index (κ2) is 7.86. The Balaban J connectivity index is 1.26. The maximum atomic E-state index is 9.51. The second-order valence-corrected chi connectivity index (χ2v) is 10.3. The normalized spacial score (nSPS) is 23.8. The molecule has 7 heteroatoms. The summed E-state index contributed by atoms with van der Waals surface area (Å²) in [4.78, 5) is 11.8. The quantitative estimate of drug-likeness (QED) is 0.637. The smallest absolute Gasteiger partial charge is 0.125 e. The number of ether oxygens (including phenoxy) is 1. The van der Waals surface area contributed by atoms with Crippen LogP contribution in [0.15, 0.2) is 48.7 Å². The van der Waals surface area contributed by atoms with Crippen LogP contribution in [0.4, 0.5) is 11.4 Å². The first-order valence-corrected chi connectivity index (χ1v) is 12.0. The number of nitriles is 1. The zero-order valence-electron chi connectivity index (χ0n) is 19.7. The SMILES string of the molecule is C[C@@H]1CN(c2ccc(C#N)c3ncccc23)C[C@@H]2COc3cc(N4CC(C)(N)C4)ccc3CN21. The Morgan fingerprint density at radius 3 is 2.79 bits per heavy atom. The Morgan fingerprint density at radius 2 is 2.00 bits per heavy atom. The lowest BCUT2D eigenvalue weighted by Crippen LogP contribution is -2.65. The van der Waals surface area contributed by atoms with Gasteiger partial charge in [-0.15, -0.1) is 0 Å². The molecule has 34 heavy (non-hydrogen) atoms. The molecular formula is C27H30N6O. The number of aromatic nitrogens is 1. The number of nitrogens with two attached hydrogens (primary N) is 1. The number of pyridine rings is 1. The van der Waals surface area contributed by atoms with Crippen molar-refractivity contribution in [1.29, 1.82) is 5.26 Å². The van der Waals surface area contributed by atoms with Crippen LogP contribution in [0.1, 0.15) is 25.0 Å². The van der Waals surface area contributed by atoms with Crippen LogP contribution in [0, 0.1) is 11.3 Å².